The number of carboxylic acid groups (broad SMARTS) is 1. The molecule has 1 aliphatic rings. The van der Waals surface area contributed by atoms with Crippen LogP contribution in [0.2, 0.25) is 0 Å². The van der Waals surface area contributed by atoms with Crippen LogP contribution in [0.3, 0.4) is 0 Å². The van der Waals surface area contributed by atoms with Gasteiger partial charge in [0.2, 0.25) is 0 Å². The van der Waals surface area contributed by atoms with Gasteiger partial charge in [0, 0.05) is 18.2 Å². The summed E-state index contributed by atoms with van der Waals surface area (Å²) < 4.78 is 5.57. The maximum Gasteiger partial charge on any atom is 0.344 e. The van der Waals surface area contributed by atoms with Crippen molar-refractivity contribution in [2.24, 2.45) is 0 Å². The van der Waals surface area contributed by atoms with Crippen LogP contribution in [-0.2, 0) is 11.3 Å². The maximum absolute atomic E-state index is 11.0. The third-order valence-electron chi connectivity index (χ3n) is 3.05. The number of ether oxygens (including phenoxy) is 1. The number of nitrogens with one attached hydrogen (secondary N) is 1. The number of benzene rings is 1. The molecule has 1 fully saturated rings. The lowest BCUT2D eigenvalue weighted by Gasteiger charge is -2.16. The molecular formula is C14H19NO3. The highest BCUT2D eigenvalue weighted by atomic mass is 16.5. The second-order valence-corrected chi connectivity index (χ2v) is 4.62. The smallest absolute Gasteiger partial charge is 0.344 e. The molecule has 0 bridgehead atoms. The van der Waals surface area contributed by atoms with E-state index in [4.69, 9.17) is 9.84 Å². The van der Waals surface area contributed by atoms with Gasteiger partial charge >= 0.3 is 5.97 Å². The monoisotopic (exact) mass is 249 g/mol. The molecule has 1 aromatic rings. The molecule has 0 aromatic heterocycles. The van der Waals surface area contributed by atoms with Gasteiger partial charge in [0.15, 0.2) is 6.10 Å². The van der Waals surface area contributed by atoms with Crippen LogP contribution >= 0.6 is 0 Å². The van der Waals surface area contributed by atoms with Crippen molar-refractivity contribution in [3.05, 3.63) is 29.8 Å². The summed E-state index contributed by atoms with van der Waals surface area (Å²) in [5, 5.41) is 12.4. The van der Waals surface area contributed by atoms with Crippen molar-refractivity contribution in [2.75, 3.05) is 0 Å². The molecule has 1 aliphatic carbocycles. The first-order chi connectivity index (χ1) is 8.70. The summed E-state index contributed by atoms with van der Waals surface area (Å²) in [5.41, 5.74) is 1.02. The molecule has 4 nitrogen and oxygen atoms in total. The molecule has 1 unspecified atom stereocenters. The zero-order valence-electron chi connectivity index (χ0n) is 10.6. The number of para-hydroxylation sites is 1. The Morgan fingerprint density at radius 2 is 2.22 bits per heavy atom. The minimum absolute atomic E-state index is 0.458. The summed E-state index contributed by atoms with van der Waals surface area (Å²) in [4.78, 5) is 11.0. The van der Waals surface area contributed by atoms with Crippen molar-refractivity contribution in [1.82, 2.24) is 5.32 Å². The Hall–Kier alpha value is -1.55. The number of hydrogen-bond acceptors (Lipinski definition) is 3. The summed E-state index contributed by atoms with van der Waals surface area (Å²) in [6, 6.07) is 8.23. The number of carboxylic acids is 1. The van der Waals surface area contributed by atoms with Gasteiger partial charge in [-0.3, -0.25) is 0 Å². The maximum atomic E-state index is 11.0. The van der Waals surface area contributed by atoms with Crippen molar-refractivity contribution >= 4 is 5.97 Å². The van der Waals surface area contributed by atoms with Crippen molar-refractivity contribution in [2.45, 2.75) is 44.9 Å². The predicted octanol–water partition coefficient (Wildman–Crippen LogP) is 2.18. The van der Waals surface area contributed by atoms with Crippen molar-refractivity contribution in [3.63, 3.8) is 0 Å². The lowest BCUT2D eigenvalue weighted by atomic mass is 10.2. The van der Waals surface area contributed by atoms with Gasteiger partial charge in [-0.15, -0.1) is 0 Å². The molecular weight excluding hydrogens is 230 g/mol. The van der Waals surface area contributed by atoms with E-state index in [0.29, 0.717) is 18.2 Å². The van der Waals surface area contributed by atoms with Crippen LogP contribution in [0.5, 0.6) is 5.75 Å². The van der Waals surface area contributed by atoms with E-state index in [1.807, 2.05) is 31.2 Å². The fourth-order valence-electron chi connectivity index (χ4n) is 1.77. The van der Waals surface area contributed by atoms with E-state index in [1.54, 1.807) is 0 Å². The molecule has 1 aromatic carbocycles. The molecule has 0 aliphatic heterocycles. The van der Waals surface area contributed by atoms with Gasteiger partial charge in [-0.2, -0.15) is 0 Å². The summed E-state index contributed by atoms with van der Waals surface area (Å²) >= 11 is 0. The zero-order chi connectivity index (χ0) is 13.0. The first-order valence-electron chi connectivity index (χ1n) is 6.41. The van der Waals surface area contributed by atoms with E-state index >= 15 is 0 Å². The molecule has 98 valence electrons. The van der Waals surface area contributed by atoms with Crippen LogP contribution in [0.1, 0.15) is 31.7 Å². The second kappa shape index (κ2) is 5.87. The Labute approximate surface area is 107 Å². The third kappa shape index (κ3) is 3.47. The highest BCUT2D eigenvalue weighted by Gasteiger charge is 2.22. The standard InChI is InChI=1S/C14H19NO3/c1-2-12(14(16)17)18-13-6-4-3-5-10(13)9-15-11-7-8-11/h3-6,11-12,15H,2,7-9H2,1H3,(H,16,17). The minimum Gasteiger partial charge on any atom is -0.479 e. The van der Waals surface area contributed by atoms with Gasteiger partial charge < -0.3 is 15.2 Å². The van der Waals surface area contributed by atoms with E-state index in [0.717, 1.165) is 12.1 Å². The Morgan fingerprint density at radius 1 is 1.50 bits per heavy atom. The van der Waals surface area contributed by atoms with Crippen LogP contribution < -0.4 is 10.1 Å². The van der Waals surface area contributed by atoms with Crippen LogP contribution in [0.15, 0.2) is 24.3 Å². The first-order valence-corrected chi connectivity index (χ1v) is 6.41. The van der Waals surface area contributed by atoms with Crippen molar-refractivity contribution < 1.29 is 14.6 Å². The van der Waals surface area contributed by atoms with Crippen LogP contribution in [0.4, 0.5) is 0 Å². The van der Waals surface area contributed by atoms with Gasteiger partial charge in [-0.25, -0.2) is 4.79 Å². The molecule has 0 spiro atoms. The van der Waals surface area contributed by atoms with Crippen molar-refractivity contribution in [1.29, 1.82) is 0 Å². The fraction of sp³-hybridized carbons (Fsp3) is 0.500. The molecule has 1 saturated carbocycles. The normalized spacial score (nSPS) is 16.3. The largest absolute Gasteiger partial charge is 0.479 e. The van der Waals surface area contributed by atoms with Gasteiger partial charge in [0.25, 0.3) is 0 Å². The first kappa shape index (κ1) is 12.9. The number of hydrogen-bond donors (Lipinski definition) is 2. The van der Waals surface area contributed by atoms with Crippen LogP contribution in [0, 0.1) is 0 Å². The third-order valence-corrected chi connectivity index (χ3v) is 3.05. The molecule has 0 heterocycles. The summed E-state index contributed by atoms with van der Waals surface area (Å²) in [5.74, 6) is -0.248. The van der Waals surface area contributed by atoms with Gasteiger partial charge in [-0.05, 0) is 25.3 Å². The Bertz CT molecular complexity index is 415. The summed E-state index contributed by atoms with van der Waals surface area (Å²) in [6.07, 6.45) is 2.15. The average molecular weight is 249 g/mol. The van der Waals surface area contributed by atoms with Gasteiger partial charge in [0.1, 0.15) is 5.75 Å². The predicted molar refractivity (Wildman–Crippen MR) is 68.6 cm³/mol. The zero-order valence-corrected chi connectivity index (χ0v) is 10.6. The Kier molecular flexibility index (Phi) is 4.20. The van der Waals surface area contributed by atoms with Gasteiger partial charge in [0.05, 0.1) is 0 Å². The molecule has 1 atom stereocenters. The Balaban J connectivity index is 2.02. The average Bonchev–Trinajstić information content (AvgIpc) is 3.18. The van der Waals surface area contributed by atoms with Gasteiger partial charge in [-0.1, -0.05) is 25.1 Å². The number of carbonyl (C=O) groups is 1. The molecule has 0 amide bonds. The number of aliphatic carboxylic acids is 1. The lowest BCUT2D eigenvalue weighted by molar-refractivity contribution is -0.145. The molecule has 2 N–H and O–H groups in total. The van der Waals surface area contributed by atoms with Crippen LogP contribution in [0.25, 0.3) is 0 Å². The van der Waals surface area contributed by atoms with E-state index < -0.39 is 12.1 Å². The SMILES string of the molecule is CCC(Oc1ccccc1CNC1CC1)C(=O)O. The molecule has 0 saturated heterocycles. The highest BCUT2D eigenvalue weighted by Crippen LogP contribution is 2.23. The van der Waals surface area contributed by atoms with Crippen molar-refractivity contribution in [3.8, 4) is 5.75 Å². The summed E-state index contributed by atoms with van der Waals surface area (Å²) in [7, 11) is 0. The quantitative estimate of drug-likeness (QED) is 0.777. The molecule has 2 rings (SSSR count). The molecule has 4 heteroatoms. The van der Waals surface area contributed by atoms with E-state index in [9.17, 15) is 4.79 Å². The lowest BCUT2D eigenvalue weighted by Crippen LogP contribution is -2.27. The fourth-order valence-corrected chi connectivity index (χ4v) is 1.77. The number of rotatable bonds is 7. The summed E-state index contributed by atoms with van der Waals surface area (Å²) in [6.45, 7) is 2.54. The van der Waals surface area contributed by atoms with Crippen LogP contribution in [-0.4, -0.2) is 23.2 Å². The molecule has 0 radical (unpaired) electrons. The van der Waals surface area contributed by atoms with E-state index in [1.165, 1.54) is 12.8 Å². The second-order valence-electron chi connectivity index (χ2n) is 4.62. The Morgan fingerprint density at radius 3 is 2.83 bits per heavy atom. The van der Waals surface area contributed by atoms with E-state index in [-0.39, 0.29) is 0 Å². The highest BCUT2D eigenvalue weighted by molar-refractivity contribution is 5.72. The van der Waals surface area contributed by atoms with E-state index in [2.05, 4.69) is 5.32 Å². The topological polar surface area (TPSA) is 58.6 Å². The molecule has 18 heavy (non-hydrogen) atoms. The minimum atomic E-state index is -0.914.